The molecule has 1 rings (SSSR count). The zero-order valence-electron chi connectivity index (χ0n) is 8.86. The van der Waals surface area contributed by atoms with Crippen molar-refractivity contribution < 1.29 is 14.7 Å². The maximum atomic E-state index is 11.7. The molecule has 2 N–H and O–H groups in total. The van der Waals surface area contributed by atoms with E-state index in [2.05, 4.69) is 10.5 Å². The van der Waals surface area contributed by atoms with Gasteiger partial charge in [-0.15, -0.1) is 0 Å². The van der Waals surface area contributed by atoms with Crippen molar-refractivity contribution in [3.05, 3.63) is 0 Å². The van der Waals surface area contributed by atoms with Crippen molar-refractivity contribution in [2.45, 2.75) is 25.9 Å². The number of hydrogen-bond acceptors (Lipinski definition) is 4. The molecule has 0 aliphatic carbocycles. The van der Waals surface area contributed by atoms with Crippen molar-refractivity contribution in [1.29, 1.82) is 0 Å². The van der Waals surface area contributed by atoms with Gasteiger partial charge in [-0.25, -0.2) is 5.43 Å². The Bertz CT molecular complexity index is 299. The molecular formula is C9H15N3O3. The summed E-state index contributed by atoms with van der Waals surface area (Å²) >= 11 is 0. The molecule has 2 amide bonds. The van der Waals surface area contributed by atoms with Gasteiger partial charge in [0.2, 0.25) is 5.91 Å². The summed E-state index contributed by atoms with van der Waals surface area (Å²) < 4.78 is 0. The first-order valence-corrected chi connectivity index (χ1v) is 4.79. The van der Waals surface area contributed by atoms with E-state index in [0.29, 0.717) is 12.1 Å². The zero-order chi connectivity index (χ0) is 11.4. The lowest BCUT2D eigenvalue weighted by Gasteiger charge is -2.20. The number of likely N-dealkylation sites (N-methyl/N-ethyl adjacent to an activating group) is 1. The van der Waals surface area contributed by atoms with E-state index in [1.54, 1.807) is 14.0 Å². The summed E-state index contributed by atoms with van der Waals surface area (Å²) in [7, 11) is 1.59. The number of aliphatic hydroxyl groups is 1. The van der Waals surface area contributed by atoms with Crippen LogP contribution in [-0.2, 0) is 9.59 Å². The number of aliphatic hydroxyl groups excluding tert-OH is 1. The van der Waals surface area contributed by atoms with Gasteiger partial charge >= 0.3 is 0 Å². The summed E-state index contributed by atoms with van der Waals surface area (Å²) in [4.78, 5) is 23.9. The molecule has 0 fully saturated rings. The number of hydrazone groups is 1. The van der Waals surface area contributed by atoms with E-state index in [-0.39, 0.29) is 24.8 Å². The molecular weight excluding hydrogens is 198 g/mol. The van der Waals surface area contributed by atoms with Crippen molar-refractivity contribution in [2.75, 3.05) is 13.6 Å². The van der Waals surface area contributed by atoms with Crippen LogP contribution >= 0.6 is 0 Å². The van der Waals surface area contributed by atoms with Gasteiger partial charge in [0.05, 0.1) is 6.10 Å². The molecule has 1 unspecified atom stereocenters. The van der Waals surface area contributed by atoms with Crippen LogP contribution in [0.2, 0.25) is 0 Å². The van der Waals surface area contributed by atoms with Gasteiger partial charge in [0, 0.05) is 26.4 Å². The Morgan fingerprint density at radius 2 is 2.33 bits per heavy atom. The van der Waals surface area contributed by atoms with Gasteiger partial charge in [-0.05, 0) is 6.92 Å². The van der Waals surface area contributed by atoms with Crippen molar-refractivity contribution in [2.24, 2.45) is 5.10 Å². The fraction of sp³-hybridized carbons (Fsp3) is 0.667. The van der Waals surface area contributed by atoms with Crippen LogP contribution in [0, 0.1) is 0 Å². The smallest absolute Gasteiger partial charge is 0.269 e. The van der Waals surface area contributed by atoms with Gasteiger partial charge in [0.15, 0.2) is 0 Å². The predicted molar refractivity (Wildman–Crippen MR) is 54.1 cm³/mol. The second-order valence-electron chi connectivity index (χ2n) is 3.63. The second kappa shape index (κ2) is 4.88. The molecule has 84 valence electrons. The van der Waals surface area contributed by atoms with Gasteiger partial charge < -0.3 is 10.0 Å². The SMILES string of the molecule is CC(O)CN(C)C(=O)C1=NNC(=O)CC1. The fourth-order valence-corrected chi connectivity index (χ4v) is 1.33. The van der Waals surface area contributed by atoms with E-state index in [1.807, 2.05) is 0 Å². The van der Waals surface area contributed by atoms with Crippen LogP contribution in [0.1, 0.15) is 19.8 Å². The number of carbonyl (C=O) groups is 2. The second-order valence-corrected chi connectivity index (χ2v) is 3.63. The molecule has 1 aliphatic heterocycles. The highest BCUT2D eigenvalue weighted by atomic mass is 16.3. The number of carbonyl (C=O) groups excluding carboxylic acids is 2. The number of nitrogens with one attached hydrogen (secondary N) is 1. The number of nitrogens with zero attached hydrogens (tertiary/aromatic N) is 2. The van der Waals surface area contributed by atoms with Gasteiger partial charge in [0.25, 0.3) is 5.91 Å². The third kappa shape index (κ3) is 3.32. The minimum absolute atomic E-state index is 0.176. The topological polar surface area (TPSA) is 82.0 Å². The zero-order valence-corrected chi connectivity index (χ0v) is 8.86. The van der Waals surface area contributed by atoms with Crippen LogP contribution in [0.5, 0.6) is 0 Å². The highest BCUT2D eigenvalue weighted by Crippen LogP contribution is 2.03. The summed E-state index contributed by atoms with van der Waals surface area (Å²) in [6.07, 6.45) is 0.0692. The van der Waals surface area contributed by atoms with Gasteiger partial charge in [0.1, 0.15) is 5.71 Å². The largest absolute Gasteiger partial charge is 0.392 e. The molecule has 1 aliphatic rings. The Labute approximate surface area is 87.9 Å². The molecule has 0 aromatic carbocycles. The number of hydrogen-bond donors (Lipinski definition) is 2. The quantitative estimate of drug-likeness (QED) is 0.637. The summed E-state index contributed by atoms with van der Waals surface area (Å²) in [6, 6.07) is 0. The Balaban J connectivity index is 2.56. The molecule has 1 atom stereocenters. The van der Waals surface area contributed by atoms with E-state index < -0.39 is 6.10 Å². The summed E-state index contributed by atoms with van der Waals surface area (Å²) in [5.74, 6) is -0.430. The molecule has 0 saturated heterocycles. The van der Waals surface area contributed by atoms with Crippen LogP contribution in [0.4, 0.5) is 0 Å². The van der Waals surface area contributed by atoms with Crippen LogP contribution < -0.4 is 5.43 Å². The lowest BCUT2D eigenvalue weighted by atomic mass is 10.1. The van der Waals surface area contributed by atoms with Crippen LogP contribution in [0.25, 0.3) is 0 Å². The minimum Gasteiger partial charge on any atom is -0.392 e. The highest BCUT2D eigenvalue weighted by molar-refractivity contribution is 6.39. The van der Waals surface area contributed by atoms with E-state index >= 15 is 0 Å². The third-order valence-electron chi connectivity index (χ3n) is 2.04. The molecule has 6 nitrogen and oxygen atoms in total. The standard InChI is InChI=1S/C9H15N3O3/c1-6(13)5-12(2)9(15)7-3-4-8(14)11-10-7/h6,13H,3-5H2,1-2H3,(H,11,14). The van der Waals surface area contributed by atoms with Gasteiger partial charge in [-0.1, -0.05) is 0 Å². The molecule has 0 radical (unpaired) electrons. The normalized spacial score (nSPS) is 17.8. The Morgan fingerprint density at radius 1 is 1.67 bits per heavy atom. The van der Waals surface area contributed by atoms with Crippen molar-refractivity contribution in [3.63, 3.8) is 0 Å². The first kappa shape index (κ1) is 11.6. The molecule has 0 bridgehead atoms. The number of rotatable bonds is 3. The van der Waals surface area contributed by atoms with E-state index in [9.17, 15) is 9.59 Å². The maximum Gasteiger partial charge on any atom is 0.269 e. The molecule has 0 aromatic rings. The number of amides is 2. The van der Waals surface area contributed by atoms with Gasteiger partial charge in [-0.2, -0.15) is 5.10 Å². The van der Waals surface area contributed by atoms with Crippen LogP contribution in [-0.4, -0.2) is 47.2 Å². The van der Waals surface area contributed by atoms with Crippen molar-refractivity contribution in [1.82, 2.24) is 10.3 Å². The Hall–Kier alpha value is -1.43. The average molecular weight is 213 g/mol. The van der Waals surface area contributed by atoms with E-state index in [0.717, 1.165) is 0 Å². The molecule has 0 saturated carbocycles. The van der Waals surface area contributed by atoms with E-state index in [4.69, 9.17) is 5.11 Å². The van der Waals surface area contributed by atoms with E-state index in [1.165, 1.54) is 4.90 Å². The lowest BCUT2D eigenvalue weighted by Crippen LogP contribution is -2.40. The summed E-state index contributed by atoms with van der Waals surface area (Å²) in [6.45, 7) is 1.86. The monoisotopic (exact) mass is 213 g/mol. The Kier molecular flexibility index (Phi) is 3.79. The Morgan fingerprint density at radius 3 is 2.80 bits per heavy atom. The summed E-state index contributed by atoms with van der Waals surface area (Å²) in [5.41, 5.74) is 2.59. The van der Waals surface area contributed by atoms with Crippen LogP contribution in [0.15, 0.2) is 5.10 Å². The molecule has 15 heavy (non-hydrogen) atoms. The molecule has 0 aromatic heterocycles. The predicted octanol–water partition coefficient (Wildman–Crippen LogP) is -0.908. The fourth-order valence-electron chi connectivity index (χ4n) is 1.33. The first-order valence-electron chi connectivity index (χ1n) is 4.79. The lowest BCUT2D eigenvalue weighted by molar-refractivity contribution is -0.124. The third-order valence-corrected chi connectivity index (χ3v) is 2.04. The van der Waals surface area contributed by atoms with Crippen LogP contribution in [0.3, 0.4) is 0 Å². The maximum absolute atomic E-state index is 11.7. The molecule has 0 spiro atoms. The molecule has 6 heteroatoms. The van der Waals surface area contributed by atoms with Crippen molar-refractivity contribution in [3.8, 4) is 0 Å². The van der Waals surface area contributed by atoms with Gasteiger partial charge in [-0.3, -0.25) is 9.59 Å². The summed E-state index contributed by atoms with van der Waals surface area (Å²) in [5, 5.41) is 12.8. The average Bonchev–Trinajstić information content (AvgIpc) is 2.17. The first-order chi connectivity index (χ1) is 7.00. The van der Waals surface area contributed by atoms with Crippen molar-refractivity contribution >= 4 is 17.5 Å². The molecule has 1 heterocycles. The minimum atomic E-state index is -0.572. The highest BCUT2D eigenvalue weighted by Gasteiger charge is 2.21.